The second-order valence-corrected chi connectivity index (χ2v) is 3.64. The zero-order chi connectivity index (χ0) is 10.6. The summed E-state index contributed by atoms with van der Waals surface area (Å²) in [6, 6.07) is -0.338. The molecule has 14 heavy (non-hydrogen) atoms. The molecule has 0 aliphatic carbocycles. The van der Waals surface area contributed by atoms with Crippen molar-refractivity contribution in [3.8, 4) is 0 Å². The molecule has 1 heterocycles. The predicted octanol–water partition coefficient (Wildman–Crippen LogP) is 1.62. The van der Waals surface area contributed by atoms with Crippen LogP contribution in [-0.2, 0) is 0 Å². The standard InChI is InChI=1S/C9H17F3N2/c1-2-14-6-5-13-4-3-8(14)7-9(10,11)12/h8,13H,2-7H2,1H3. The molecule has 0 aromatic rings. The maximum absolute atomic E-state index is 12.2. The third-order valence-electron chi connectivity index (χ3n) is 2.62. The van der Waals surface area contributed by atoms with E-state index in [2.05, 4.69) is 5.32 Å². The topological polar surface area (TPSA) is 15.3 Å². The highest BCUT2D eigenvalue weighted by atomic mass is 19.4. The number of rotatable bonds is 2. The minimum Gasteiger partial charge on any atom is -0.315 e. The second kappa shape index (κ2) is 4.98. The minimum atomic E-state index is -4.04. The molecular formula is C9H17F3N2. The van der Waals surface area contributed by atoms with Gasteiger partial charge in [-0.1, -0.05) is 6.92 Å². The van der Waals surface area contributed by atoms with Crippen molar-refractivity contribution in [1.82, 2.24) is 10.2 Å². The van der Waals surface area contributed by atoms with Crippen molar-refractivity contribution in [2.75, 3.05) is 26.2 Å². The Bertz CT molecular complexity index is 170. The zero-order valence-corrected chi connectivity index (χ0v) is 8.40. The van der Waals surface area contributed by atoms with E-state index in [1.54, 1.807) is 0 Å². The maximum Gasteiger partial charge on any atom is 0.390 e. The highest BCUT2D eigenvalue weighted by molar-refractivity contribution is 4.78. The highest BCUT2D eigenvalue weighted by Crippen LogP contribution is 2.25. The van der Waals surface area contributed by atoms with E-state index in [4.69, 9.17) is 0 Å². The van der Waals surface area contributed by atoms with Crippen LogP contribution in [0.3, 0.4) is 0 Å². The zero-order valence-electron chi connectivity index (χ0n) is 8.40. The van der Waals surface area contributed by atoms with Gasteiger partial charge in [0.15, 0.2) is 0 Å². The summed E-state index contributed by atoms with van der Waals surface area (Å²) in [5, 5.41) is 3.12. The van der Waals surface area contributed by atoms with Crippen LogP contribution >= 0.6 is 0 Å². The highest BCUT2D eigenvalue weighted by Gasteiger charge is 2.34. The fourth-order valence-corrected chi connectivity index (χ4v) is 1.90. The van der Waals surface area contributed by atoms with Gasteiger partial charge in [0, 0.05) is 19.1 Å². The van der Waals surface area contributed by atoms with E-state index in [0.29, 0.717) is 19.5 Å². The summed E-state index contributed by atoms with van der Waals surface area (Å²) >= 11 is 0. The van der Waals surface area contributed by atoms with Gasteiger partial charge in [-0.15, -0.1) is 0 Å². The molecule has 0 spiro atoms. The number of halogens is 3. The van der Waals surface area contributed by atoms with Gasteiger partial charge in [0.25, 0.3) is 0 Å². The Morgan fingerprint density at radius 3 is 2.64 bits per heavy atom. The van der Waals surface area contributed by atoms with Crippen molar-refractivity contribution in [1.29, 1.82) is 0 Å². The van der Waals surface area contributed by atoms with Crippen molar-refractivity contribution in [3.63, 3.8) is 0 Å². The number of nitrogens with zero attached hydrogens (tertiary/aromatic N) is 1. The predicted molar refractivity (Wildman–Crippen MR) is 49.2 cm³/mol. The van der Waals surface area contributed by atoms with Gasteiger partial charge >= 0.3 is 6.18 Å². The van der Waals surface area contributed by atoms with Crippen LogP contribution in [0.15, 0.2) is 0 Å². The minimum absolute atomic E-state index is 0.338. The summed E-state index contributed by atoms with van der Waals surface area (Å²) in [5.41, 5.74) is 0. The van der Waals surface area contributed by atoms with Crippen LogP contribution in [-0.4, -0.2) is 43.3 Å². The van der Waals surface area contributed by atoms with Gasteiger partial charge < -0.3 is 5.32 Å². The first-order valence-corrected chi connectivity index (χ1v) is 5.04. The molecule has 5 heteroatoms. The average Bonchev–Trinajstić information content (AvgIpc) is 2.27. The first-order valence-electron chi connectivity index (χ1n) is 5.04. The summed E-state index contributed by atoms with van der Waals surface area (Å²) in [5.74, 6) is 0. The lowest BCUT2D eigenvalue weighted by Gasteiger charge is -2.28. The third kappa shape index (κ3) is 3.84. The molecule has 1 aliphatic rings. The molecular weight excluding hydrogens is 193 g/mol. The Labute approximate surface area is 82.5 Å². The molecule has 1 atom stereocenters. The number of likely N-dealkylation sites (N-methyl/N-ethyl adjacent to an activating group) is 1. The van der Waals surface area contributed by atoms with Crippen LogP contribution < -0.4 is 5.32 Å². The molecule has 2 nitrogen and oxygen atoms in total. The molecule has 0 amide bonds. The lowest BCUT2D eigenvalue weighted by Crippen LogP contribution is -2.39. The number of nitrogens with one attached hydrogen (secondary N) is 1. The van der Waals surface area contributed by atoms with Crippen molar-refractivity contribution in [2.45, 2.75) is 32.0 Å². The van der Waals surface area contributed by atoms with Gasteiger partial charge in [0.2, 0.25) is 0 Å². The number of hydrogen-bond donors (Lipinski definition) is 1. The molecule has 1 unspecified atom stereocenters. The van der Waals surface area contributed by atoms with E-state index in [9.17, 15) is 13.2 Å². The van der Waals surface area contributed by atoms with Crippen molar-refractivity contribution in [2.24, 2.45) is 0 Å². The average molecular weight is 210 g/mol. The van der Waals surface area contributed by atoms with E-state index >= 15 is 0 Å². The Hall–Kier alpha value is -0.290. The summed E-state index contributed by atoms with van der Waals surface area (Å²) < 4.78 is 36.7. The molecule has 84 valence electrons. The molecule has 0 aromatic heterocycles. The van der Waals surface area contributed by atoms with Crippen molar-refractivity contribution in [3.05, 3.63) is 0 Å². The van der Waals surface area contributed by atoms with Gasteiger partial charge in [0.1, 0.15) is 0 Å². The van der Waals surface area contributed by atoms with E-state index in [-0.39, 0.29) is 6.04 Å². The molecule has 0 radical (unpaired) electrons. The van der Waals surface area contributed by atoms with E-state index < -0.39 is 12.6 Å². The quantitative estimate of drug-likeness (QED) is 0.745. The number of hydrogen-bond acceptors (Lipinski definition) is 2. The second-order valence-electron chi connectivity index (χ2n) is 3.64. The largest absolute Gasteiger partial charge is 0.390 e. The molecule has 0 aromatic carbocycles. The van der Waals surface area contributed by atoms with Gasteiger partial charge in [-0.2, -0.15) is 13.2 Å². The summed E-state index contributed by atoms with van der Waals surface area (Å²) in [7, 11) is 0. The van der Waals surface area contributed by atoms with Gasteiger partial charge in [-0.3, -0.25) is 4.90 Å². The Morgan fingerprint density at radius 1 is 1.36 bits per heavy atom. The fraction of sp³-hybridized carbons (Fsp3) is 1.00. The summed E-state index contributed by atoms with van der Waals surface area (Å²) in [6.07, 6.45) is -4.13. The Kier molecular flexibility index (Phi) is 4.19. The van der Waals surface area contributed by atoms with Crippen molar-refractivity contribution < 1.29 is 13.2 Å². The molecule has 1 saturated heterocycles. The van der Waals surface area contributed by atoms with Crippen LogP contribution in [0.25, 0.3) is 0 Å². The number of alkyl halides is 3. The lowest BCUT2D eigenvalue weighted by molar-refractivity contribution is -0.147. The van der Waals surface area contributed by atoms with Crippen LogP contribution in [0.4, 0.5) is 13.2 Å². The molecule has 0 bridgehead atoms. The molecule has 1 aliphatic heterocycles. The first-order chi connectivity index (χ1) is 6.53. The SMILES string of the molecule is CCN1CCNCCC1CC(F)(F)F. The lowest BCUT2D eigenvalue weighted by atomic mass is 10.1. The Balaban J connectivity index is 2.52. The maximum atomic E-state index is 12.2. The van der Waals surface area contributed by atoms with Crippen LogP contribution in [0, 0.1) is 0 Å². The monoisotopic (exact) mass is 210 g/mol. The van der Waals surface area contributed by atoms with E-state index in [0.717, 1.165) is 13.1 Å². The van der Waals surface area contributed by atoms with E-state index in [1.165, 1.54) is 0 Å². The van der Waals surface area contributed by atoms with Crippen LogP contribution in [0.2, 0.25) is 0 Å². The van der Waals surface area contributed by atoms with Gasteiger partial charge in [-0.05, 0) is 19.5 Å². The van der Waals surface area contributed by atoms with Gasteiger partial charge in [0.05, 0.1) is 6.42 Å². The Morgan fingerprint density at radius 2 is 2.07 bits per heavy atom. The van der Waals surface area contributed by atoms with Gasteiger partial charge in [-0.25, -0.2) is 0 Å². The smallest absolute Gasteiger partial charge is 0.315 e. The van der Waals surface area contributed by atoms with Crippen LogP contribution in [0.5, 0.6) is 0 Å². The molecule has 1 rings (SSSR count). The normalized spacial score (nSPS) is 26.1. The van der Waals surface area contributed by atoms with Crippen LogP contribution in [0.1, 0.15) is 19.8 Å². The molecule has 1 N–H and O–H groups in total. The summed E-state index contributed by atoms with van der Waals surface area (Å²) in [6.45, 7) is 4.81. The van der Waals surface area contributed by atoms with E-state index in [1.807, 2.05) is 11.8 Å². The summed E-state index contributed by atoms with van der Waals surface area (Å²) in [4.78, 5) is 1.91. The molecule has 1 fully saturated rings. The third-order valence-corrected chi connectivity index (χ3v) is 2.62. The van der Waals surface area contributed by atoms with Crippen molar-refractivity contribution >= 4 is 0 Å². The molecule has 0 saturated carbocycles. The fourth-order valence-electron chi connectivity index (χ4n) is 1.90. The first kappa shape index (κ1) is 11.8.